The third-order valence-electron chi connectivity index (χ3n) is 4.87. The fraction of sp³-hybridized carbons (Fsp3) is 0.174. The number of rotatable bonds is 9. The van der Waals surface area contributed by atoms with Gasteiger partial charge in [0.1, 0.15) is 27.7 Å². The smallest absolute Gasteiger partial charge is 0.243 e. The molecule has 0 aliphatic heterocycles. The molecule has 0 saturated carbocycles. The first kappa shape index (κ1) is 22.8. The van der Waals surface area contributed by atoms with Gasteiger partial charge >= 0.3 is 0 Å². The molecule has 4 aromatic rings. The molecule has 1 unspecified atom stereocenters. The molecule has 1 atom stereocenters. The number of hydrogen-bond donors (Lipinski definition) is 2. The van der Waals surface area contributed by atoms with Gasteiger partial charge in [0.2, 0.25) is 15.9 Å². The van der Waals surface area contributed by atoms with E-state index in [0.29, 0.717) is 23.6 Å². The molecular weight excluding hydrogens is 460 g/mol. The highest BCUT2D eigenvalue weighted by molar-refractivity contribution is 7.89. The van der Waals surface area contributed by atoms with Crippen molar-refractivity contribution in [1.29, 1.82) is 0 Å². The Hall–Kier alpha value is -3.34. The van der Waals surface area contributed by atoms with Gasteiger partial charge in [-0.3, -0.25) is 4.79 Å². The molecule has 1 heterocycles. The van der Waals surface area contributed by atoms with Crippen molar-refractivity contribution in [3.05, 3.63) is 78.4 Å². The molecule has 33 heavy (non-hydrogen) atoms. The molecule has 4 rings (SSSR count). The maximum absolute atomic E-state index is 13.2. The van der Waals surface area contributed by atoms with Crippen LogP contribution in [0, 0.1) is 0 Å². The summed E-state index contributed by atoms with van der Waals surface area (Å²) in [5.41, 5.74) is 2.12. The molecule has 1 aromatic heterocycles. The second-order valence-corrected chi connectivity index (χ2v) is 9.41. The molecule has 10 heteroatoms. The third-order valence-corrected chi connectivity index (χ3v) is 6.91. The summed E-state index contributed by atoms with van der Waals surface area (Å²) in [6.45, 7) is 2.42. The van der Waals surface area contributed by atoms with Gasteiger partial charge in [0.25, 0.3) is 0 Å². The Kier molecular flexibility index (Phi) is 6.97. The number of sulfonamides is 1. The zero-order chi connectivity index (χ0) is 23.3. The van der Waals surface area contributed by atoms with E-state index in [-0.39, 0.29) is 16.8 Å². The molecular formula is C23H22N4O4S2. The molecule has 3 aromatic carbocycles. The second-order valence-electron chi connectivity index (χ2n) is 7.20. The van der Waals surface area contributed by atoms with Crippen LogP contribution in [0.15, 0.2) is 77.7 Å². The van der Waals surface area contributed by atoms with Crippen molar-refractivity contribution in [1.82, 2.24) is 13.5 Å². The molecule has 0 aliphatic rings. The fourth-order valence-electron chi connectivity index (χ4n) is 3.32. The molecule has 170 valence electrons. The van der Waals surface area contributed by atoms with Crippen molar-refractivity contribution in [2.45, 2.75) is 24.3 Å². The highest BCUT2D eigenvalue weighted by atomic mass is 32.2. The van der Waals surface area contributed by atoms with Crippen LogP contribution in [0.1, 0.15) is 12.5 Å². The summed E-state index contributed by atoms with van der Waals surface area (Å²) in [6, 6.07) is 19.8. The minimum atomic E-state index is -4.05. The fourth-order valence-corrected chi connectivity index (χ4v) is 5.28. The minimum absolute atomic E-state index is 0.0133. The summed E-state index contributed by atoms with van der Waals surface area (Å²) in [6.07, 6.45) is 0.175. The maximum Gasteiger partial charge on any atom is 0.243 e. The third kappa shape index (κ3) is 5.54. The standard InChI is InChI=1S/C23H22N4O4S2/c1-2-31-18-13-11-17(12-14-18)24-23(28)20(15-16-7-4-3-5-8-16)27-33(29,30)21-10-6-9-19-22(21)26-32-25-19/h3-14,20,27H,2,15H2,1H3,(H,24,28). The Bertz CT molecular complexity index is 1340. The lowest BCUT2D eigenvalue weighted by Crippen LogP contribution is -2.45. The molecule has 0 radical (unpaired) electrons. The van der Waals surface area contributed by atoms with E-state index in [0.717, 1.165) is 17.3 Å². The number of anilines is 1. The zero-order valence-electron chi connectivity index (χ0n) is 17.8. The summed E-state index contributed by atoms with van der Waals surface area (Å²) in [5.74, 6) is 0.206. The number of nitrogens with zero attached hydrogens (tertiary/aromatic N) is 2. The lowest BCUT2D eigenvalue weighted by molar-refractivity contribution is -0.117. The Labute approximate surface area is 196 Å². The van der Waals surface area contributed by atoms with Crippen molar-refractivity contribution in [2.24, 2.45) is 0 Å². The number of hydrogen-bond acceptors (Lipinski definition) is 7. The summed E-state index contributed by atoms with van der Waals surface area (Å²) < 4.78 is 42.7. The van der Waals surface area contributed by atoms with Gasteiger partial charge in [-0.1, -0.05) is 36.4 Å². The number of benzene rings is 3. The molecule has 2 N–H and O–H groups in total. The number of ether oxygens (including phenoxy) is 1. The molecule has 0 spiro atoms. The Morgan fingerprint density at radius 2 is 1.76 bits per heavy atom. The SMILES string of the molecule is CCOc1ccc(NC(=O)C(Cc2ccccc2)NS(=O)(=O)c2cccc3nsnc23)cc1. The normalized spacial score (nSPS) is 12.4. The summed E-state index contributed by atoms with van der Waals surface area (Å²) in [4.78, 5) is 13.1. The van der Waals surface area contributed by atoms with Crippen molar-refractivity contribution in [3.63, 3.8) is 0 Å². The second kappa shape index (κ2) is 10.1. The molecule has 0 aliphatic carbocycles. The lowest BCUT2D eigenvalue weighted by atomic mass is 10.1. The van der Waals surface area contributed by atoms with Gasteiger partial charge in [-0.25, -0.2) is 8.42 Å². The van der Waals surface area contributed by atoms with Crippen LogP contribution in [-0.2, 0) is 21.2 Å². The van der Waals surface area contributed by atoms with Crippen LogP contribution in [0.4, 0.5) is 5.69 Å². The Morgan fingerprint density at radius 1 is 1.00 bits per heavy atom. The van der Waals surface area contributed by atoms with Gasteiger partial charge in [0.15, 0.2) is 0 Å². The summed E-state index contributed by atoms with van der Waals surface area (Å²) >= 11 is 0.936. The highest BCUT2D eigenvalue weighted by Crippen LogP contribution is 2.22. The molecule has 1 amide bonds. The van der Waals surface area contributed by atoms with Crippen LogP contribution in [0.25, 0.3) is 11.0 Å². The quantitative estimate of drug-likeness (QED) is 0.377. The average Bonchev–Trinajstić information content (AvgIpc) is 3.29. The van der Waals surface area contributed by atoms with E-state index in [1.54, 1.807) is 36.4 Å². The van der Waals surface area contributed by atoms with Crippen LogP contribution in [-0.4, -0.2) is 35.7 Å². The summed E-state index contributed by atoms with van der Waals surface area (Å²) in [5, 5.41) is 2.79. The first-order chi connectivity index (χ1) is 16.0. The topological polar surface area (TPSA) is 110 Å². The van der Waals surface area contributed by atoms with Gasteiger partial charge in [-0.2, -0.15) is 13.5 Å². The van der Waals surface area contributed by atoms with E-state index >= 15 is 0 Å². The van der Waals surface area contributed by atoms with E-state index in [4.69, 9.17) is 4.74 Å². The van der Waals surface area contributed by atoms with Crippen LogP contribution < -0.4 is 14.8 Å². The molecule has 0 bridgehead atoms. The van der Waals surface area contributed by atoms with E-state index in [2.05, 4.69) is 18.8 Å². The van der Waals surface area contributed by atoms with E-state index in [9.17, 15) is 13.2 Å². The lowest BCUT2D eigenvalue weighted by Gasteiger charge is -2.19. The summed E-state index contributed by atoms with van der Waals surface area (Å²) in [7, 11) is -4.05. The Morgan fingerprint density at radius 3 is 2.48 bits per heavy atom. The molecule has 8 nitrogen and oxygen atoms in total. The van der Waals surface area contributed by atoms with Crippen molar-refractivity contribution in [2.75, 3.05) is 11.9 Å². The number of nitrogens with one attached hydrogen (secondary N) is 2. The van der Waals surface area contributed by atoms with Crippen LogP contribution in [0.3, 0.4) is 0 Å². The number of fused-ring (bicyclic) bond motifs is 1. The van der Waals surface area contributed by atoms with Gasteiger partial charge in [-0.15, -0.1) is 0 Å². The van der Waals surface area contributed by atoms with Gasteiger partial charge in [0.05, 0.1) is 18.3 Å². The monoisotopic (exact) mass is 482 g/mol. The molecule has 0 fully saturated rings. The van der Waals surface area contributed by atoms with Crippen LogP contribution in [0.5, 0.6) is 5.75 Å². The van der Waals surface area contributed by atoms with E-state index in [1.165, 1.54) is 6.07 Å². The number of carbonyl (C=O) groups is 1. The van der Waals surface area contributed by atoms with Crippen LogP contribution >= 0.6 is 11.7 Å². The number of aromatic nitrogens is 2. The van der Waals surface area contributed by atoms with Crippen molar-refractivity contribution < 1.29 is 17.9 Å². The van der Waals surface area contributed by atoms with Gasteiger partial charge in [-0.05, 0) is 55.3 Å². The van der Waals surface area contributed by atoms with Gasteiger partial charge in [0, 0.05) is 5.69 Å². The average molecular weight is 483 g/mol. The Balaban J connectivity index is 1.60. The number of carbonyl (C=O) groups excluding carboxylic acids is 1. The van der Waals surface area contributed by atoms with Crippen molar-refractivity contribution >= 4 is 44.4 Å². The number of amides is 1. The molecule has 0 saturated heterocycles. The van der Waals surface area contributed by atoms with Crippen molar-refractivity contribution in [3.8, 4) is 5.75 Å². The minimum Gasteiger partial charge on any atom is -0.494 e. The van der Waals surface area contributed by atoms with E-state index < -0.39 is 22.0 Å². The van der Waals surface area contributed by atoms with E-state index in [1.807, 2.05) is 37.3 Å². The highest BCUT2D eigenvalue weighted by Gasteiger charge is 2.28. The first-order valence-corrected chi connectivity index (χ1v) is 12.5. The predicted octanol–water partition coefficient (Wildman–Crippen LogP) is 3.62. The zero-order valence-corrected chi connectivity index (χ0v) is 19.4. The first-order valence-electron chi connectivity index (χ1n) is 10.3. The van der Waals surface area contributed by atoms with Crippen LogP contribution in [0.2, 0.25) is 0 Å². The largest absolute Gasteiger partial charge is 0.494 e. The maximum atomic E-state index is 13.2. The van der Waals surface area contributed by atoms with Gasteiger partial charge < -0.3 is 10.1 Å². The predicted molar refractivity (Wildman–Crippen MR) is 128 cm³/mol.